The van der Waals surface area contributed by atoms with Crippen molar-refractivity contribution in [3.05, 3.63) is 59.7 Å². The van der Waals surface area contributed by atoms with Crippen LogP contribution in [-0.2, 0) is 6.42 Å². The molecule has 2 heterocycles. The van der Waals surface area contributed by atoms with Crippen molar-refractivity contribution in [3.8, 4) is 0 Å². The van der Waals surface area contributed by atoms with E-state index in [2.05, 4.69) is 15.3 Å². The highest BCUT2D eigenvalue weighted by Crippen LogP contribution is 2.05. The molecule has 0 aliphatic rings. The number of rotatable bonds is 5. The van der Waals surface area contributed by atoms with Crippen LogP contribution >= 0.6 is 0 Å². The molecular formula is C14H13F2N3O. The first-order chi connectivity index (χ1) is 9.66. The molecule has 0 saturated heterocycles. The quantitative estimate of drug-likeness (QED) is 0.852. The highest BCUT2D eigenvalue weighted by molar-refractivity contribution is 5.92. The fraction of sp³-hybridized carbons (Fsp3) is 0.214. The van der Waals surface area contributed by atoms with Gasteiger partial charge >= 0.3 is 0 Å². The van der Waals surface area contributed by atoms with E-state index in [1.807, 2.05) is 18.2 Å². The van der Waals surface area contributed by atoms with Crippen molar-refractivity contribution >= 4 is 5.91 Å². The summed E-state index contributed by atoms with van der Waals surface area (Å²) in [5.41, 5.74) is 0.525. The Morgan fingerprint density at radius 1 is 1.25 bits per heavy atom. The van der Waals surface area contributed by atoms with Gasteiger partial charge in [0.1, 0.15) is 5.82 Å². The number of aryl methyl sites for hydroxylation is 1. The zero-order chi connectivity index (χ0) is 14.4. The van der Waals surface area contributed by atoms with Gasteiger partial charge in [0.05, 0.1) is 6.20 Å². The smallest absolute Gasteiger partial charge is 0.272 e. The van der Waals surface area contributed by atoms with Gasteiger partial charge in [-0.05, 0) is 25.0 Å². The van der Waals surface area contributed by atoms with Gasteiger partial charge in [-0.1, -0.05) is 6.07 Å². The van der Waals surface area contributed by atoms with Crippen LogP contribution in [0.3, 0.4) is 0 Å². The SMILES string of the molecule is O=C(NCCCc1ccccn1)c1ncc(F)cc1F. The molecule has 2 aromatic rings. The molecule has 0 aromatic carbocycles. The standard InChI is InChI=1S/C14H13F2N3O/c15-10-8-12(16)13(19-9-10)14(20)18-7-3-5-11-4-1-2-6-17-11/h1-2,4,6,8-9H,3,5,7H2,(H,18,20). The van der Waals surface area contributed by atoms with Gasteiger partial charge in [0.2, 0.25) is 0 Å². The molecule has 0 aliphatic carbocycles. The van der Waals surface area contributed by atoms with E-state index in [-0.39, 0.29) is 0 Å². The number of carbonyl (C=O) groups excluding carboxylic acids is 1. The predicted octanol–water partition coefficient (Wildman–Crippen LogP) is 2.12. The number of carbonyl (C=O) groups is 1. The molecular weight excluding hydrogens is 264 g/mol. The van der Waals surface area contributed by atoms with Gasteiger partial charge in [-0.25, -0.2) is 13.8 Å². The first-order valence-electron chi connectivity index (χ1n) is 6.16. The summed E-state index contributed by atoms with van der Waals surface area (Å²) in [6, 6.07) is 6.24. The second kappa shape index (κ2) is 6.70. The third-order valence-electron chi connectivity index (χ3n) is 2.64. The molecule has 0 fully saturated rings. The molecule has 0 spiro atoms. The summed E-state index contributed by atoms with van der Waals surface area (Å²) in [6.07, 6.45) is 3.89. The molecule has 0 radical (unpaired) electrons. The summed E-state index contributed by atoms with van der Waals surface area (Å²) < 4.78 is 26.0. The maximum Gasteiger partial charge on any atom is 0.272 e. The Kier molecular flexibility index (Phi) is 4.70. The number of pyridine rings is 2. The summed E-state index contributed by atoms with van der Waals surface area (Å²) in [5, 5.41) is 2.54. The van der Waals surface area contributed by atoms with E-state index >= 15 is 0 Å². The van der Waals surface area contributed by atoms with Crippen molar-refractivity contribution < 1.29 is 13.6 Å². The average Bonchev–Trinajstić information content (AvgIpc) is 2.44. The number of nitrogens with one attached hydrogen (secondary N) is 1. The molecule has 104 valence electrons. The lowest BCUT2D eigenvalue weighted by Crippen LogP contribution is -2.26. The molecule has 1 amide bonds. The number of hydrogen-bond acceptors (Lipinski definition) is 3. The summed E-state index contributed by atoms with van der Waals surface area (Å²) in [5.74, 6) is -2.43. The van der Waals surface area contributed by atoms with Gasteiger partial charge in [0.15, 0.2) is 11.5 Å². The maximum absolute atomic E-state index is 13.3. The van der Waals surface area contributed by atoms with Crippen LogP contribution in [0.5, 0.6) is 0 Å². The largest absolute Gasteiger partial charge is 0.351 e. The van der Waals surface area contributed by atoms with Crippen molar-refractivity contribution in [1.29, 1.82) is 0 Å². The molecule has 6 heteroatoms. The number of nitrogens with zero attached hydrogens (tertiary/aromatic N) is 2. The van der Waals surface area contributed by atoms with E-state index in [4.69, 9.17) is 0 Å². The van der Waals surface area contributed by atoms with Crippen LogP contribution in [0, 0.1) is 11.6 Å². The fourth-order valence-corrected chi connectivity index (χ4v) is 1.68. The molecule has 0 saturated carbocycles. The number of hydrogen-bond donors (Lipinski definition) is 1. The topological polar surface area (TPSA) is 54.9 Å². The second-order valence-corrected chi connectivity index (χ2v) is 4.16. The third-order valence-corrected chi connectivity index (χ3v) is 2.64. The van der Waals surface area contributed by atoms with E-state index in [0.29, 0.717) is 25.5 Å². The van der Waals surface area contributed by atoms with Gasteiger partial charge in [-0.15, -0.1) is 0 Å². The Bertz CT molecular complexity index is 590. The number of amides is 1. The van der Waals surface area contributed by atoms with E-state index in [1.54, 1.807) is 6.20 Å². The average molecular weight is 277 g/mol. The minimum absolute atomic E-state index is 0.369. The van der Waals surface area contributed by atoms with E-state index < -0.39 is 23.2 Å². The predicted molar refractivity (Wildman–Crippen MR) is 69.0 cm³/mol. The van der Waals surface area contributed by atoms with Gasteiger partial charge in [0, 0.05) is 24.5 Å². The zero-order valence-corrected chi connectivity index (χ0v) is 10.6. The lowest BCUT2D eigenvalue weighted by atomic mass is 10.2. The van der Waals surface area contributed by atoms with Crippen LogP contribution in [0.25, 0.3) is 0 Å². The first kappa shape index (κ1) is 14.0. The summed E-state index contributed by atoms with van der Waals surface area (Å²) >= 11 is 0. The van der Waals surface area contributed by atoms with Crippen molar-refractivity contribution in [2.75, 3.05) is 6.54 Å². The van der Waals surface area contributed by atoms with Crippen LogP contribution in [0.4, 0.5) is 8.78 Å². The van der Waals surface area contributed by atoms with Crippen LogP contribution < -0.4 is 5.32 Å². The van der Waals surface area contributed by atoms with Crippen molar-refractivity contribution in [2.45, 2.75) is 12.8 Å². The number of aromatic nitrogens is 2. The molecule has 0 aliphatic heterocycles. The highest BCUT2D eigenvalue weighted by Gasteiger charge is 2.13. The summed E-state index contributed by atoms with van der Waals surface area (Å²) in [4.78, 5) is 19.2. The Hall–Kier alpha value is -2.37. The summed E-state index contributed by atoms with van der Waals surface area (Å²) in [6.45, 7) is 0.369. The van der Waals surface area contributed by atoms with Crippen LogP contribution in [0.15, 0.2) is 36.7 Å². The Morgan fingerprint density at radius 3 is 2.80 bits per heavy atom. The zero-order valence-electron chi connectivity index (χ0n) is 10.6. The molecule has 2 aromatic heterocycles. The highest BCUT2D eigenvalue weighted by atomic mass is 19.1. The minimum Gasteiger partial charge on any atom is -0.351 e. The van der Waals surface area contributed by atoms with Gasteiger partial charge in [-0.2, -0.15) is 0 Å². The first-order valence-corrected chi connectivity index (χ1v) is 6.16. The Morgan fingerprint density at radius 2 is 2.10 bits per heavy atom. The minimum atomic E-state index is -0.966. The van der Waals surface area contributed by atoms with E-state index in [9.17, 15) is 13.6 Å². The molecule has 0 bridgehead atoms. The van der Waals surface area contributed by atoms with Crippen LogP contribution in [0.2, 0.25) is 0 Å². The fourth-order valence-electron chi connectivity index (χ4n) is 1.68. The molecule has 0 unspecified atom stereocenters. The lowest BCUT2D eigenvalue weighted by molar-refractivity contribution is 0.0943. The van der Waals surface area contributed by atoms with E-state index in [0.717, 1.165) is 11.9 Å². The second-order valence-electron chi connectivity index (χ2n) is 4.16. The molecule has 20 heavy (non-hydrogen) atoms. The van der Waals surface area contributed by atoms with Gasteiger partial charge in [-0.3, -0.25) is 9.78 Å². The van der Waals surface area contributed by atoms with Crippen LogP contribution in [0.1, 0.15) is 22.6 Å². The van der Waals surface area contributed by atoms with Crippen LogP contribution in [-0.4, -0.2) is 22.4 Å². The molecule has 0 atom stereocenters. The maximum atomic E-state index is 13.3. The van der Waals surface area contributed by atoms with Crippen molar-refractivity contribution in [2.24, 2.45) is 0 Å². The third kappa shape index (κ3) is 3.81. The Balaban J connectivity index is 1.80. The van der Waals surface area contributed by atoms with E-state index in [1.165, 1.54) is 0 Å². The lowest BCUT2D eigenvalue weighted by Gasteiger charge is -2.05. The Labute approximate surface area is 114 Å². The summed E-state index contributed by atoms with van der Waals surface area (Å²) in [7, 11) is 0. The van der Waals surface area contributed by atoms with Crippen molar-refractivity contribution in [3.63, 3.8) is 0 Å². The number of halogens is 2. The normalized spacial score (nSPS) is 10.3. The van der Waals surface area contributed by atoms with Gasteiger partial charge in [0.25, 0.3) is 5.91 Å². The molecule has 2 rings (SSSR count). The molecule has 1 N–H and O–H groups in total. The van der Waals surface area contributed by atoms with Gasteiger partial charge < -0.3 is 5.32 Å². The monoisotopic (exact) mass is 277 g/mol. The van der Waals surface area contributed by atoms with Crippen molar-refractivity contribution in [1.82, 2.24) is 15.3 Å². The molecule has 4 nitrogen and oxygen atoms in total.